The lowest BCUT2D eigenvalue weighted by Crippen LogP contribution is -2.22. The van der Waals surface area contributed by atoms with Crippen LogP contribution in [0.3, 0.4) is 0 Å². The van der Waals surface area contributed by atoms with E-state index in [-0.39, 0.29) is 86.9 Å². The van der Waals surface area contributed by atoms with Crippen molar-refractivity contribution in [3.8, 4) is 17.2 Å². The number of hydrogen-bond donors (Lipinski definition) is 2. The number of carboxylic acids is 1. The van der Waals surface area contributed by atoms with Crippen LogP contribution < -0.4 is 14.2 Å². The summed E-state index contributed by atoms with van der Waals surface area (Å²) in [5.74, 6) is -0.585. The van der Waals surface area contributed by atoms with Gasteiger partial charge in [-0.1, -0.05) is 0 Å². The Morgan fingerprint density at radius 3 is 1.10 bits per heavy atom. The van der Waals surface area contributed by atoms with Crippen molar-refractivity contribution in [1.29, 1.82) is 0 Å². The van der Waals surface area contributed by atoms with Crippen LogP contribution in [-0.2, 0) is 42.6 Å². The molecule has 1 aromatic rings. The zero-order valence-electron chi connectivity index (χ0n) is 31.0. The van der Waals surface area contributed by atoms with Crippen LogP contribution in [0, 0.1) is 0 Å². The van der Waals surface area contributed by atoms with Crippen LogP contribution in [-0.4, -0.2) is 160 Å². The van der Waals surface area contributed by atoms with Crippen molar-refractivity contribution in [2.45, 2.75) is 52.7 Å². The molecule has 0 aliphatic carbocycles. The lowest BCUT2D eigenvalue weighted by atomic mass is 10.2. The zero-order chi connectivity index (χ0) is 36.9. The van der Waals surface area contributed by atoms with Crippen LogP contribution in [0.2, 0.25) is 0 Å². The number of aliphatic hydroxyl groups is 1. The summed E-state index contributed by atoms with van der Waals surface area (Å²) >= 11 is 0. The summed E-state index contributed by atoms with van der Waals surface area (Å²) in [6.07, 6.45) is 0. The fourth-order valence-electron chi connectivity index (χ4n) is 3.74. The van der Waals surface area contributed by atoms with Gasteiger partial charge in [0.15, 0.2) is 11.5 Å². The molecule has 1 rings (SSSR count). The quantitative estimate of drug-likeness (QED) is 0.101. The van der Waals surface area contributed by atoms with E-state index in [0.29, 0.717) is 79.3 Å². The first kappa shape index (κ1) is 45.7. The summed E-state index contributed by atoms with van der Waals surface area (Å²) < 4.78 is 67.3. The summed E-state index contributed by atoms with van der Waals surface area (Å²) in [5.41, 5.74) is -0.418. The maximum Gasteiger partial charge on any atom is 0.335 e. The van der Waals surface area contributed by atoms with Crippen molar-refractivity contribution in [3.63, 3.8) is 0 Å². The first-order valence-corrected chi connectivity index (χ1v) is 17.2. The molecule has 15 nitrogen and oxygen atoms in total. The minimum atomic E-state index is -1.16. The van der Waals surface area contributed by atoms with Gasteiger partial charge in [-0.05, 0) is 53.7 Å². The number of carboxylic acid groups (broad SMARTS) is 1. The van der Waals surface area contributed by atoms with Gasteiger partial charge in [-0.25, -0.2) is 4.79 Å². The van der Waals surface area contributed by atoms with Crippen LogP contribution in [0.25, 0.3) is 0 Å². The molecule has 0 unspecified atom stereocenters. The third-order valence-corrected chi connectivity index (χ3v) is 5.96. The molecular weight excluding hydrogens is 660 g/mol. The number of ether oxygens (including phenoxy) is 12. The number of aromatic carboxylic acids is 1. The maximum atomic E-state index is 11.9. The van der Waals surface area contributed by atoms with E-state index in [1.54, 1.807) is 0 Å². The maximum absolute atomic E-state index is 11.9. The molecule has 15 heteroatoms. The van der Waals surface area contributed by atoms with E-state index < -0.39 is 5.97 Å². The van der Waals surface area contributed by atoms with Crippen LogP contribution >= 0.6 is 0 Å². The second-order valence-corrected chi connectivity index (χ2v) is 12.6. The topological polar surface area (TPSA) is 168 Å². The largest absolute Gasteiger partial charge is 0.487 e. The summed E-state index contributed by atoms with van der Waals surface area (Å²) in [6, 6.07) is 2.73. The monoisotopic (exact) mass is 722 g/mol. The molecule has 1 aromatic carbocycles. The minimum absolute atomic E-state index is 0.0399. The molecule has 0 saturated carbocycles. The summed E-state index contributed by atoms with van der Waals surface area (Å²) in [6.45, 7) is 18.3. The number of aliphatic hydroxyl groups excluding tert-OH is 1. The molecule has 0 fully saturated rings. The molecule has 0 spiro atoms. The molecule has 0 aliphatic rings. The Kier molecular flexibility index (Phi) is 25.9. The molecule has 0 aliphatic heterocycles. The van der Waals surface area contributed by atoms with E-state index in [4.69, 9.17) is 61.9 Å². The minimum Gasteiger partial charge on any atom is -0.487 e. The van der Waals surface area contributed by atoms with Crippen molar-refractivity contribution in [1.82, 2.24) is 0 Å². The molecule has 0 saturated heterocycles. The summed E-state index contributed by atoms with van der Waals surface area (Å²) in [7, 11) is 0. The first-order valence-electron chi connectivity index (χ1n) is 17.2. The number of rotatable bonds is 33. The fraction of sp³-hybridized carbons (Fsp3) is 0.800. The van der Waals surface area contributed by atoms with E-state index >= 15 is 0 Å². The lowest BCUT2D eigenvalue weighted by molar-refractivity contribution is -0.0454. The highest BCUT2D eigenvalue weighted by molar-refractivity contribution is 5.89. The van der Waals surface area contributed by atoms with E-state index in [1.165, 1.54) is 12.1 Å². The summed E-state index contributed by atoms with van der Waals surface area (Å²) in [5, 5.41) is 18.7. The van der Waals surface area contributed by atoms with Gasteiger partial charge in [-0.3, -0.25) is 0 Å². The van der Waals surface area contributed by atoms with E-state index in [9.17, 15) is 9.90 Å². The average molecular weight is 723 g/mol. The van der Waals surface area contributed by atoms with Gasteiger partial charge in [0.2, 0.25) is 5.75 Å². The predicted molar refractivity (Wildman–Crippen MR) is 184 cm³/mol. The van der Waals surface area contributed by atoms with Gasteiger partial charge in [0.25, 0.3) is 0 Å². The number of hydrogen-bond acceptors (Lipinski definition) is 14. The molecule has 0 radical (unpaired) electrons. The van der Waals surface area contributed by atoms with Gasteiger partial charge in [-0.15, -0.1) is 0 Å². The van der Waals surface area contributed by atoms with Gasteiger partial charge in [0, 0.05) is 0 Å². The average Bonchev–Trinajstić information content (AvgIpc) is 3.04. The molecule has 50 heavy (non-hydrogen) atoms. The standard InChI is InChI=1S/C35H62O15/c1-34(2,3)49-25-20-44-15-11-40-9-13-42-17-22-46-30-27-29(33(37)38)28-31(32(30)48-24-19-39-8-7-36)47-23-18-43-14-10-41-12-16-45-21-26-50-35(4,5)6/h27-28,36H,7-26H2,1-6H3,(H,37,38). The third-order valence-electron chi connectivity index (χ3n) is 5.96. The van der Waals surface area contributed by atoms with Crippen molar-refractivity contribution in [2.75, 3.05) is 132 Å². The van der Waals surface area contributed by atoms with Gasteiger partial charge < -0.3 is 67.1 Å². The first-order chi connectivity index (χ1) is 23.9. The summed E-state index contributed by atoms with van der Waals surface area (Å²) in [4.78, 5) is 11.9. The molecule has 0 bridgehead atoms. The number of carbonyl (C=O) groups is 1. The second-order valence-electron chi connectivity index (χ2n) is 12.6. The third kappa shape index (κ3) is 26.5. The Bertz CT molecular complexity index is 917. The molecule has 0 heterocycles. The van der Waals surface area contributed by atoms with Crippen LogP contribution in [0.5, 0.6) is 17.2 Å². The van der Waals surface area contributed by atoms with Crippen LogP contribution in [0.4, 0.5) is 0 Å². The predicted octanol–water partition coefficient (Wildman–Crippen LogP) is 3.26. The second kappa shape index (κ2) is 28.3. The molecule has 0 atom stereocenters. The molecule has 292 valence electrons. The van der Waals surface area contributed by atoms with E-state index in [2.05, 4.69) is 0 Å². The van der Waals surface area contributed by atoms with Crippen molar-refractivity contribution >= 4 is 5.97 Å². The number of benzene rings is 1. The van der Waals surface area contributed by atoms with Gasteiger partial charge >= 0.3 is 5.97 Å². The Balaban J connectivity index is 2.46. The van der Waals surface area contributed by atoms with Gasteiger partial charge in [0.05, 0.1) is 129 Å². The molecule has 2 N–H and O–H groups in total. The van der Waals surface area contributed by atoms with E-state index in [0.717, 1.165) is 0 Å². The van der Waals surface area contributed by atoms with Crippen molar-refractivity contribution in [2.24, 2.45) is 0 Å². The Morgan fingerprint density at radius 1 is 0.480 bits per heavy atom. The fourth-order valence-corrected chi connectivity index (χ4v) is 3.74. The molecule has 0 aromatic heterocycles. The van der Waals surface area contributed by atoms with Crippen molar-refractivity contribution in [3.05, 3.63) is 17.7 Å². The van der Waals surface area contributed by atoms with Gasteiger partial charge in [-0.2, -0.15) is 0 Å². The Labute approximate surface area is 297 Å². The lowest BCUT2D eigenvalue weighted by Gasteiger charge is -2.19. The molecular formula is C35H62O15. The Hall–Kier alpha value is -2.31. The smallest absolute Gasteiger partial charge is 0.335 e. The highest BCUT2D eigenvalue weighted by Crippen LogP contribution is 2.39. The van der Waals surface area contributed by atoms with Crippen LogP contribution in [0.1, 0.15) is 51.9 Å². The van der Waals surface area contributed by atoms with Gasteiger partial charge in [0.1, 0.15) is 19.8 Å². The highest BCUT2D eigenvalue weighted by Gasteiger charge is 2.19. The highest BCUT2D eigenvalue weighted by atomic mass is 16.6. The SMILES string of the molecule is CC(C)(C)OCCOCCOCCOCCOc1cc(C(=O)O)cc(OCCOCCOCCOCCOC(C)(C)C)c1OCCOCCO. The zero-order valence-corrected chi connectivity index (χ0v) is 31.0. The van der Waals surface area contributed by atoms with E-state index in [1.807, 2.05) is 41.5 Å². The Morgan fingerprint density at radius 2 is 0.780 bits per heavy atom. The van der Waals surface area contributed by atoms with Crippen LogP contribution in [0.15, 0.2) is 12.1 Å². The molecule has 0 amide bonds. The van der Waals surface area contributed by atoms with Crippen molar-refractivity contribution < 1.29 is 71.8 Å². The normalized spacial score (nSPS) is 12.0.